The summed E-state index contributed by atoms with van der Waals surface area (Å²) in [6, 6.07) is 30.9. The molecule has 0 aliphatic rings. The zero-order valence-electron chi connectivity index (χ0n) is 31.1. The van der Waals surface area contributed by atoms with Crippen molar-refractivity contribution in [3.8, 4) is 46.3 Å². The Hall–Kier alpha value is -6.06. The molecular weight excluding hydrogens is 680 g/mol. The highest BCUT2D eigenvalue weighted by molar-refractivity contribution is 5.73. The zero-order chi connectivity index (χ0) is 38.7. The van der Waals surface area contributed by atoms with Gasteiger partial charge in [0.15, 0.2) is 12.2 Å². The summed E-state index contributed by atoms with van der Waals surface area (Å²) in [6.07, 6.45) is 2.73. The Morgan fingerprint density at radius 3 is 1.24 bits per heavy atom. The first-order chi connectivity index (χ1) is 26.1. The summed E-state index contributed by atoms with van der Waals surface area (Å²) in [7, 11) is 0. The van der Waals surface area contributed by atoms with E-state index in [1.54, 1.807) is 13.8 Å². The molecule has 4 aromatic carbocycles. The molecule has 54 heavy (non-hydrogen) atoms. The second-order valence-electron chi connectivity index (χ2n) is 12.3. The molecule has 4 aromatic rings. The average Bonchev–Trinajstić information content (AvgIpc) is 3.17. The monoisotopic (exact) mass is 726 g/mol. The second-order valence-corrected chi connectivity index (χ2v) is 12.3. The van der Waals surface area contributed by atoms with Crippen LogP contribution >= 0.6 is 0 Å². The maximum atomic E-state index is 11.3. The van der Waals surface area contributed by atoms with Crippen LogP contribution in [0.25, 0.3) is 11.1 Å². The van der Waals surface area contributed by atoms with Gasteiger partial charge in [-0.2, -0.15) is 0 Å². The number of hydrogen-bond acceptors (Lipinski definition) is 6. The van der Waals surface area contributed by atoms with Crippen molar-refractivity contribution in [3.05, 3.63) is 143 Å². The van der Waals surface area contributed by atoms with Crippen molar-refractivity contribution in [2.45, 2.75) is 52.7 Å². The van der Waals surface area contributed by atoms with Crippen LogP contribution in [-0.4, -0.2) is 60.8 Å². The average molecular weight is 727 g/mol. The molecule has 0 spiro atoms. The normalized spacial score (nSPS) is 12.4. The summed E-state index contributed by atoms with van der Waals surface area (Å²) in [5, 5.41) is 18.6. The lowest BCUT2D eigenvalue weighted by atomic mass is 10.0. The third-order valence-electron chi connectivity index (χ3n) is 8.17. The fraction of sp³-hybridized carbons (Fsp3) is 0.261. The predicted molar refractivity (Wildman–Crippen MR) is 211 cm³/mol. The number of carbonyl (C=O) groups is 2. The Balaban J connectivity index is 1.22. The van der Waals surface area contributed by atoms with Crippen LogP contribution in [0.3, 0.4) is 0 Å². The Bertz CT molecular complexity index is 1850. The van der Waals surface area contributed by atoms with Gasteiger partial charge in [-0.25, -0.2) is 9.59 Å². The van der Waals surface area contributed by atoms with Crippen LogP contribution < -0.4 is 9.47 Å². The van der Waals surface area contributed by atoms with Crippen LogP contribution in [0.2, 0.25) is 0 Å². The molecular formula is C46H46O8. The second kappa shape index (κ2) is 21.5. The predicted octanol–water partition coefficient (Wildman–Crippen LogP) is 8.17. The Morgan fingerprint density at radius 1 is 0.574 bits per heavy atom. The quantitative estimate of drug-likeness (QED) is 0.105. The molecule has 0 aromatic heterocycles. The summed E-state index contributed by atoms with van der Waals surface area (Å²) >= 11 is 0. The third-order valence-corrected chi connectivity index (χ3v) is 8.17. The van der Waals surface area contributed by atoms with Crippen LogP contribution in [0, 0.1) is 23.7 Å². The number of carboxylic acids is 2. The first kappa shape index (κ1) is 40.7. The van der Waals surface area contributed by atoms with Gasteiger partial charge in [-0.1, -0.05) is 72.2 Å². The molecule has 0 heterocycles. The highest BCUT2D eigenvalue weighted by Crippen LogP contribution is 2.21. The number of ether oxygens (including phenoxy) is 4. The van der Waals surface area contributed by atoms with E-state index in [1.165, 1.54) is 0 Å². The Kier molecular flexibility index (Phi) is 16.2. The summed E-state index contributed by atoms with van der Waals surface area (Å²) in [6.45, 7) is 8.87. The number of hydrogen-bond donors (Lipinski definition) is 2. The summed E-state index contributed by atoms with van der Waals surface area (Å²) < 4.78 is 22.2. The molecule has 8 heteroatoms. The molecule has 0 fully saturated rings. The van der Waals surface area contributed by atoms with Gasteiger partial charge < -0.3 is 29.2 Å². The maximum Gasteiger partial charge on any atom is 0.333 e. The first-order valence-corrected chi connectivity index (χ1v) is 17.8. The number of benzene rings is 4. The molecule has 8 nitrogen and oxygen atoms in total. The van der Waals surface area contributed by atoms with Crippen LogP contribution in [0.5, 0.6) is 11.5 Å². The van der Waals surface area contributed by atoms with Crippen molar-refractivity contribution in [3.63, 3.8) is 0 Å². The third kappa shape index (κ3) is 13.8. The van der Waals surface area contributed by atoms with E-state index >= 15 is 0 Å². The molecule has 278 valence electrons. The molecule has 2 unspecified atom stereocenters. The lowest BCUT2D eigenvalue weighted by Crippen LogP contribution is -2.26. The SMILES string of the molecule is CCOC(Cc1ccc(OC/C=C(\C)C#Cc2ccc(-c3ccc(C#C/C(C)=C/COc4ccc(CC(OCC)C(=O)O)cc4)cc3)cc2)cc1)C(=O)O. The molecule has 0 saturated heterocycles. The van der Waals surface area contributed by atoms with Gasteiger partial charge in [0.2, 0.25) is 0 Å². The van der Waals surface area contributed by atoms with E-state index in [9.17, 15) is 19.8 Å². The minimum atomic E-state index is -0.969. The largest absolute Gasteiger partial charge is 0.490 e. The van der Waals surface area contributed by atoms with E-state index in [4.69, 9.17) is 18.9 Å². The van der Waals surface area contributed by atoms with Crippen LogP contribution in [0.1, 0.15) is 49.9 Å². The minimum Gasteiger partial charge on any atom is -0.490 e. The fourth-order valence-corrected chi connectivity index (χ4v) is 5.17. The Morgan fingerprint density at radius 2 is 0.926 bits per heavy atom. The molecule has 2 atom stereocenters. The molecule has 4 rings (SSSR count). The standard InChI is InChI=1S/C46H46O8/c1-5-51-43(45(47)48)31-37-15-23-41(24-16-37)53-29-27-33(3)7-9-35-11-19-39(20-12-35)40-21-13-36(14-22-40)10-8-34(4)28-30-54-42-25-17-38(18-26-42)32-44(46(49)50)52-6-2/h11-28,43-44H,5-6,29-32H2,1-4H3,(H,47,48)(H,49,50)/b33-27+,34-28+. The number of carboxylic acid groups (broad SMARTS) is 2. The molecule has 2 N–H and O–H groups in total. The van der Waals surface area contributed by atoms with Gasteiger partial charge in [-0.15, -0.1) is 0 Å². The smallest absolute Gasteiger partial charge is 0.333 e. The highest BCUT2D eigenvalue weighted by atomic mass is 16.5. The van der Waals surface area contributed by atoms with Gasteiger partial charge in [0, 0.05) is 37.2 Å². The lowest BCUT2D eigenvalue weighted by Gasteiger charge is -2.12. The maximum absolute atomic E-state index is 11.3. The van der Waals surface area contributed by atoms with Crippen molar-refractivity contribution >= 4 is 11.9 Å². The molecule has 0 aliphatic carbocycles. The van der Waals surface area contributed by atoms with E-state index in [1.807, 2.05) is 98.8 Å². The summed E-state index contributed by atoms with van der Waals surface area (Å²) in [4.78, 5) is 22.7. The van der Waals surface area contributed by atoms with Gasteiger partial charge in [0.25, 0.3) is 0 Å². The van der Waals surface area contributed by atoms with Crippen molar-refractivity contribution in [1.82, 2.24) is 0 Å². The Labute approximate surface area is 318 Å². The number of allylic oxidation sites excluding steroid dienone is 2. The fourth-order valence-electron chi connectivity index (χ4n) is 5.17. The van der Waals surface area contributed by atoms with Crippen molar-refractivity contribution in [2.24, 2.45) is 0 Å². The van der Waals surface area contributed by atoms with Gasteiger partial charge >= 0.3 is 11.9 Å². The first-order valence-electron chi connectivity index (χ1n) is 17.8. The molecule has 0 bridgehead atoms. The molecule has 0 amide bonds. The van der Waals surface area contributed by atoms with Gasteiger partial charge in [0.05, 0.1) is 0 Å². The van der Waals surface area contributed by atoms with Crippen LogP contribution in [0.4, 0.5) is 0 Å². The highest BCUT2D eigenvalue weighted by Gasteiger charge is 2.18. The van der Waals surface area contributed by atoms with E-state index in [2.05, 4.69) is 47.9 Å². The minimum absolute atomic E-state index is 0.300. The van der Waals surface area contributed by atoms with E-state index < -0.39 is 24.1 Å². The summed E-state index contributed by atoms with van der Waals surface area (Å²) in [5.74, 6) is 12.2. The molecule has 0 radical (unpaired) electrons. The van der Waals surface area contributed by atoms with E-state index in [0.717, 1.165) is 44.5 Å². The van der Waals surface area contributed by atoms with Gasteiger partial charge in [0.1, 0.15) is 24.7 Å². The van der Waals surface area contributed by atoms with Crippen molar-refractivity contribution in [2.75, 3.05) is 26.4 Å². The molecule has 0 saturated carbocycles. The van der Waals surface area contributed by atoms with E-state index in [0.29, 0.717) is 50.8 Å². The number of aliphatic carboxylic acids is 2. The van der Waals surface area contributed by atoms with Gasteiger partial charge in [-0.3, -0.25) is 0 Å². The zero-order valence-corrected chi connectivity index (χ0v) is 31.1. The lowest BCUT2D eigenvalue weighted by molar-refractivity contribution is -0.150. The van der Waals surface area contributed by atoms with Crippen molar-refractivity contribution < 1.29 is 38.7 Å². The van der Waals surface area contributed by atoms with Crippen LogP contribution in [0.15, 0.2) is 120 Å². The summed E-state index contributed by atoms with van der Waals surface area (Å²) in [5.41, 5.74) is 7.51. The topological polar surface area (TPSA) is 112 Å². The number of rotatable bonds is 17. The van der Waals surface area contributed by atoms with Crippen molar-refractivity contribution in [1.29, 1.82) is 0 Å². The van der Waals surface area contributed by atoms with Gasteiger partial charge in [-0.05, 0) is 122 Å². The van der Waals surface area contributed by atoms with E-state index in [-0.39, 0.29) is 0 Å². The molecule has 0 aliphatic heterocycles. The van der Waals surface area contributed by atoms with Crippen LogP contribution in [-0.2, 0) is 31.9 Å².